The number of hydrogen-bond donors (Lipinski definition) is 1. The quantitative estimate of drug-likeness (QED) is 0.513. The predicted octanol–water partition coefficient (Wildman–Crippen LogP) is 3.53. The summed E-state index contributed by atoms with van der Waals surface area (Å²) in [4.78, 5) is 34.3. The normalized spacial score (nSPS) is 21.2. The van der Waals surface area contributed by atoms with Crippen LogP contribution in [0.4, 0.5) is 21.1 Å². The Hall–Kier alpha value is -4.19. The van der Waals surface area contributed by atoms with Gasteiger partial charge in [-0.15, -0.1) is 10.2 Å². The van der Waals surface area contributed by atoms with Crippen molar-refractivity contribution in [2.24, 2.45) is 7.05 Å². The number of carbonyl (C=O) groups excluding carboxylic acids is 2. The summed E-state index contributed by atoms with van der Waals surface area (Å²) in [5.74, 6) is 1.82. The second kappa shape index (κ2) is 10.0. The summed E-state index contributed by atoms with van der Waals surface area (Å²) in [6, 6.07) is 11.1. The Morgan fingerprint density at radius 1 is 1.15 bits per heavy atom. The number of nitrogens with one attached hydrogen (secondary N) is 1. The Morgan fingerprint density at radius 2 is 1.98 bits per heavy atom. The molecule has 3 aliphatic heterocycles. The lowest BCUT2D eigenvalue weighted by Gasteiger charge is -2.42. The van der Waals surface area contributed by atoms with Gasteiger partial charge in [0.1, 0.15) is 23.4 Å². The Labute approximate surface area is 238 Å². The van der Waals surface area contributed by atoms with Crippen LogP contribution in [-0.2, 0) is 28.4 Å². The first-order valence-corrected chi connectivity index (χ1v) is 13.8. The fourth-order valence-corrected chi connectivity index (χ4v) is 5.61. The van der Waals surface area contributed by atoms with Crippen LogP contribution in [0, 0.1) is 0 Å². The van der Waals surface area contributed by atoms with E-state index in [1.54, 1.807) is 34.5 Å². The number of aryl methyl sites for hydroxylation is 1. The van der Waals surface area contributed by atoms with E-state index in [2.05, 4.69) is 26.6 Å². The van der Waals surface area contributed by atoms with E-state index in [1.807, 2.05) is 50.6 Å². The van der Waals surface area contributed by atoms with Gasteiger partial charge >= 0.3 is 12.1 Å². The number of fused-ring (bicyclic) bond motifs is 1. The molecule has 12 heteroatoms. The van der Waals surface area contributed by atoms with Crippen LogP contribution in [0.1, 0.15) is 38.6 Å². The number of pyridine rings is 1. The smallest absolute Gasteiger partial charge is 0.410 e. The molecule has 216 valence electrons. The number of ether oxygens (including phenoxy) is 3. The average molecular weight is 562 g/mol. The highest BCUT2D eigenvalue weighted by Gasteiger charge is 2.49. The van der Waals surface area contributed by atoms with Crippen LogP contribution in [0.15, 0.2) is 48.9 Å². The fraction of sp³-hybridized carbons (Fsp3) is 0.483. The third kappa shape index (κ3) is 5.31. The molecule has 0 saturated carbocycles. The molecule has 0 bridgehead atoms. The monoisotopic (exact) mass is 561 g/mol. The van der Waals surface area contributed by atoms with E-state index in [1.165, 1.54) is 0 Å². The summed E-state index contributed by atoms with van der Waals surface area (Å²) in [7, 11) is 1.93. The van der Waals surface area contributed by atoms with Crippen LogP contribution < -0.4 is 15.0 Å². The Morgan fingerprint density at radius 3 is 2.68 bits per heavy atom. The minimum absolute atomic E-state index is 0.242. The second-order valence-electron chi connectivity index (χ2n) is 12.2. The molecule has 2 aromatic heterocycles. The molecule has 1 spiro atoms. The van der Waals surface area contributed by atoms with E-state index >= 15 is 0 Å². The molecule has 0 radical (unpaired) electrons. The number of rotatable bonds is 4. The number of nitrogens with zero attached hydrogens (tertiary/aromatic N) is 6. The van der Waals surface area contributed by atoms with Gasteiger partial charge in [-0.1, -0.05) is 12.1 Å². The zero-order valence-electron chi connectivity index (χ0n) is 23.8. The zero-order valence-corrected chi connectivity index (χ0v) is 23.8. The summed E-state index contributed by atoms with van der Waals surface area (Å²) in [5.41, 5.74) is 0.112. The first kappa shape index (κ1) is 27.0. The summed E-state index contributed by atoms with van der Waals surface area (Å²) in [5, 5.41) is 11.3. The molecular formula is C29H35N7O5. The molecule has 41 heavy (non-hydrogen) atoms. The molecule has 2 saturated heterocycles. The van der Waals surface area contributed by atoms with Crippen molar-refractivity contribution in [2.45, 2.75) is 50.2 Å². The summed E-state index contributed by atoms with van der Waals surface area (Å²) in [6.45, 7) is 7.66. The molecule has 2 fully saturated rings. The van der Waals surface area contributed by atoms with Crippen molar-refractivity contribution in [3.8, 4) is 5.75 Å². The van der Waals surface area contributed by atoms with Gasteiger partial charge in [0.05, 0.1) is 26.3 Å². The fourth-order valence-electron chi connectivity index (χ4n) is 5.61. The molecule has 3 aliphatic rings. The molecular weight excluding hydrogens is 526 g/mol. The van der Waals surface area contributed by atoms with Gasteiger partial charge in [-0.3, -0.25) is 4.90 Å². The first-order valence-electron chi connectivity index (χ1n) is 13.8. The predicted molar refractivity (Wildman–Crippen MR) is 150 cm³/mol. The molecule has 0 aliphatic carbocycles. The van der Waals surface area contributed by atoms with E-state index < -0.39 is 17.3 Å². The molecule has 1 aromatic carbocycles. The number of anilines is 2. The molecule has 3 amide bonds. The maximum absolute atomic E-state index is 13.8. The van der Waals surface area contributed by atoms with Crippen LogP contribution in [0.5, 0.6) is 5.75 Å². The van der Waals surface area contributed by atoms with Crippen molar-refractivity contribution in [1.29, 1.82) is 0 Å². The molecule has 1 N–H and O–H groups in total. The largest absolute Gasteiger partial charge is 0.480 e. The van der Waals surface area contributed by atoms with E-state index in [-0.39, 0.29) is 18.0 Å². The highest BCUT2D eigenvalue weighted by atomic mass is 16.6. The van der Waals surface area contributed by atoms with Crippen molar-refractivity contribution in [1.82, 2.24) is 24.6 Å². The number of urea groups is 1. The number of aromatic nitrogens is 4. The van der Waals surface area contributed by atoms with Crippen LogP contribution >= 0.6 is 0 Å². The third-order valence-electron chi connectivity index (χ3n) is 7.78. The van der Waals surface area contributed by atoms with Gasteiger partial charge in [-0.05, 0) is 50.6 Å². The summed E-state index contributed by atoms with van der Waals surface area (Å²) < 4.78 is 19.5. The lowest BCUT2D eigenvalue weighted by Crippen LogP contribution is -2.56. The third-order valence-corrected chi connectivity index (χ3v) is 7.78. The lowest BCUT2D eigenvalue weighted by atomic mass is 9.75. The van der Waals surface area contributed by atoms with Crippen LogP contribution in [0.3, 0.4) is 0 Å². The van der Waals surface area contributed by atoms with Crippen molar-refractivity contribution >= 4 is 23.6 Å². The second-order valence-corrected chi connectivity index (χ2v) is 12.2. The standard InChI is InChI=1S/C29H35N7O5/c1-27(2,3)41-26(38)35-12-10-29(15-35)16-36(24-22(40-29)9-6-11-30-24)25(37)32-21-8-5-7-20(13-21)28(17-39-18-28)14-23-33-31-19-34(23)4/h5-9,11,13,19H,10,12,14-18H2,1-4H3,(H,32,37). The molecule has 5 heterocycles. The van der Waals surface area contributed by atoms with Gasteiger partial charge in [0.25, 0.3) is 0 Å². The van der Waals surface area contributed by atoms with Crippen molar-refractivity contribution in [3.05, 3.63) is 60.3 Å². The topological polar surface area (TPSA) is 124 Å². The number of benzene rings is 1. The SMILES string of the molecule is Cn1cnnc1CC1(c2cccc(NC(=O)N3CC4(CCN(C(=O)OC(C)(C)C)C4)Oc4cccnc43)c2)COC1. The van der Waals surface area contributed by atoms with Gasteiger partial charge in [-0.2, -0.15) is 0 Å². The Balaban J connectivity index is 1.21. The van der Waals surface area contributed by atoms with Crippen LogP contribution in [0.2, 0.25) is 0 Å². The first-order chi connectivity index (χ1) is 19.5. The highest BCUT2D eigenvalue weighted by molar-refractivity contribution is 6.02. The van der Waals surface area contributed by atoms with Gasteiger partial charge in [-0.25, -0.2) is 14.6 Å². The van der Waals surface area contributed by atoms with Gasteiger partial charge in [0.15, 0.2) is 11.6 Å². The minimum Gasteiger partial charge on any atom is -0.480 e. The number of hydrogen-bond acceptors (Lipinski definition) is 8. The van der Waals surface area contributed by atoms with E-state index in [4.69, 9.17) is 14.2 Å². The van der Waals surface area contributed by atoms with E-state index in [0.29, 0.717) is 56.4 Å². The molecule has 1 unspecified atom stereocenters. The average Bonchev–Trinajstić information content (AvgIpc) is 3.50. The van der Waals surface area contributed by atoms with Gasteiger partial charge < -0.3 is 29.0 Å². The van der Waals surface area contributed by atoms with Gasteiger partial charge in [0, 0.05) is 43.7 Å². The zero-order chi connectivity index (χ0) is 28.8. The Bertz CT molecular complexity index is 1460. The maximum atomic E-state index is 13.8. The van der Waals surface area contributed by atoms with E-state index in [9.17, 15) is 9.59 Å². The maximum Gasteiger partial charge on any atom is 0.410 e. The molecule has 12 nitrogen and oxygen atoms in total. The molecule has 1 atom stereocenters. The summed E-state index contributed by atoms with van der Waals surface area (Å²) >= 11 is 0. The van der Waals surface area contributed by atoms with Crippen molar-refractivity contribution < 1.29 is 23.8 Å². The molecule has 3 aromatic rings. The van der Waals surface area contributed by atoms with Crippen molar-refractivity contribution in [3.63, 3.8) is 0 Å². The number of likely N-dealkylation sites (tertiary alicyclic amines) is 1. The summed E-state index contributed by atoms with van der Waals surface area (Å²) in [6.07, 6.45) is 4.17. The Kier molecular flexibility index (Phi) is 6.60. The van der Waals surface area contributed by atoms with Crippen LogP contribution in [0.25, 0.3) is 0 Å². The van der Waals surface area contributed by atoms with Crippen LogP contribution in [-0.4, -0.2) is 80.8 Å². The lowest BCUT2D eigenvalue weighted by molar-refractivity contribution is -0.0610. The van der Waals surface area contributed by atoms with E-state index in [0.717, 1.165) is 11.4 Å². The molecule has 6 rings (SSSR count). The number of amides is 3. The number of carbonyl (C=O) groups is 2. The highest BCUT2D eigenvalue weighted by Crippen LogP contribution is 2.40. The van der Waals surface area contributed by atoms with Gasteiger partial charge in [0.2, 0.25) is 0 Å². The van der Waals surface area contributed by atoms with Crippen molar-refractivity contribution in [2.75, 3.05) is 43.1 Å². The minimum atomic E-state index is -0.768.